The van der Waals surface area contributed by atoms with E-state index in [0.717, 1.165) is 0 Å². The van der Waals surface area contributed by atoms with Gasteiger partial charge in [-0.1, -0.05) is 30.3 Å². The van der Waals surface area contributed by atoms with Crippen LogP contribution in [0.1, 0.15) is 12.8 Å². The molecule has 6 heteroatoms. The summed E-state index contributed by atoms with van der Waals surface area (Å²) < 4.78 is 10.4. The van der Waals surface area contributed by atoms with Crippen molar-refractivity contribution in [3.63, 3.8) is 0 Å². The van der Waals surface area contributed by atoms with Crippen LogP contribution in [0.3, 0.4) is 0 Å². The summed E-state index contributed by atoms with van der Waals surface area (Å²) in [4.78, 5) is 8.53. The fourth-order valence-electron chi connectivity index (χ4n) is 0.753. The summed E-state index contributed by atoms with van der Waals surface area (Å²) in [5.41, 5.74) is 0.469. The predicted octanol–water partition coefficient (Wildman–Crippen LogP) is -1.47. The van der Waals surface area contributed by atoms with Crippen LogP contribution in [0, 0.1) is 0 Å². The minimum absolute atomic E-state index is 0. The number of rotatable bonds is 2. The minimum atomic E-state index is -2.53. The Hall–Kier alpha value is 0.552. The van der Waals surface area contributed by atoms with Crippen LogP contribution in [0.25, 0.3) is 0 Å². The molecule has 1 aromatic rings. The average molecular weight is 227 g/mol. The summed E-state index contributed by atoms with van der Waals surface area (Å²) in [6.45, 7) is 0. The van der Waals surface area contributed by atoms with Crippen molar-refractivity contribution in [3.8, 4) is 0 Å². The Morgan fingerprint density at radius 2 is 1.77 bits per heavy atom. The number of hydrogen-bond acceptors (Lipinski definition) is 2. The largest absolute Gasteiger partial charge is 1.00 e. The van der Waals surface area contributed by atoms with E-state index in [2.05, 4.69) is 0 Å². The summed E-state index contributed by atoms with van der Waals surface area (Å²) in [7, 11) is -2.53. The molecular weight excluding hydrogens is 218 g/mol. The van der Waals surface area contributed by atoms with E-state index in [-0.39, 0.29) is 42.0 Å². The van der Waals surface area contributed by atoms with Gasteiger partial charge in [-0.25, -0.2) is 0 Å². The van der Waals surface area contributed by atoms with Gasteiger partial charge in [-0.15, -0.1) is 0 Å². The zero-order chi connectivity index (χ0) is 8.27. The molecule has 0 fully saturated rings. The van der Waals surface area contributed by atoms with Crippen LogP contribution >= 0.6 is 8.03 Å². The maximum atomic E-state index is 10.4. The van der Waals surface area contributed by atoms with E-state index >= 15 is 0 Å². The number of aliphatic hydroxyl groups excluding tert-OH is 1. The Labute approximate surface area is 106 Å². The second-order valence-corrected chi connectivity index (χ2v) is 3.18. The molecule has 1 aromatic carbocycles. The van der Waals surface area contributed by atoms with Crippen LogP contribution in [0.5, 0.6) is 0 Å². The smallest absolute Gasteiger partial charge is 1.00 e. The summed E-state index contributed by atoms with van der Waals surface area (Å²) in [6, 6.07) is 8.40. The predicted molar refractivity (Wildman–Crippen MR) is 42.3 cm³/mol. The van der Waals surface area contributed by atoms with Crippen molar-refractivity contribution in [2.75, 3.05) is 0 Å². The molecule has 0 bridgehead atoms. The van der Waals surface area contributed by atoms with E-state index < -0.39 is 13.9 Å². The Kier molecular flexibility index (Phi) is 9.73. The molecule has 0 saturated carbocycles. The van der Waals surface area contributed by atoms with Crippen LogP contribution < -0.4 is 18.9 Å². The Balaban J connectivity index is -0.000000403. The van der Waals surface area contributed by atoms with Gasteiger partial charge in [0, 0.05) is 27.3 Å². The van der Waals surface area contributed by atoms with Gasteiger partial charge in [0.2, 0.25) is 0 Å². The fraction of sp³-hybridized carbons (Fsp3) is 0.143. The van der Waals surface area contributed by atoms with Gasteiger partial charge in [-0.05, 0) is 4.57 Å². The fourth-order valence-corrected chi connectivity index (χ4v) is 1.18. The maximum absolute atomic E-state index is 10.4. The molecule has 2 unspecified atom stereocenters. The second kappa shape index (κ2) is 7.91. The molecule has 1 rings (SSSR count). The first-order valence-corrected chi connectivity index (χ1v) is 4.38. The molecule has 3 nitrogen and oxygen atoms in total. The monoisotopic (exact) mass is 227 g/mol. The number of hydrogen-bond donors (Lipinski definition) is 2. The Morgan fingerprint density at radius 1 is 1.31 bits per heavy atom. The van der Waals surface area contributed by atoms with Crippen molar-refractivity contribution in [2.24, 2.45) is 0 Å². The van der Waals surface area contributed by atoms with Crippen LogP contribution in [0.15, 0.2) is 30.3 Å². The summed E-state index contributed by atoms with van der Waals surface area (Å²) in [5.74, 6) is -1.26. The molecule has 0 radical (unpaired) electrons. The standard InChI is InChI=1S/C7H7O3P.Li.Ti.H/c8-7(11(9)10)6-4-2-1-3-5-6;;;/h1-5,7-8H;;;/q;+1;;-1/p+1. The zero-order valence-corrected chi connectivity index (χ0v) is 9.67. The number of aliphatic hydroxyl groups is 1. The Morgan fingerprint density at radius 3 is 2.15 bits per heavy atom. The van der Waals surface area contributed by atoms with Gasteiger partial charge in [-0.2, -0.15) is 4.89 Å². The molecule has 0 aromatic heterocycles. The Bertz CT molecular complexity index is 262. The molecule has 13 heavy (non-hydrogen) atoms. The van der Waals surface area contributed by atoms with E-state index in [0.29, 0.717) is 5.56 Å². The quantitative estimate of drug-likeness (QED) is 0.478. The molecule has 0 aliphatic heterocycles. The first kappa shape index (κ1) is 16.0. The molecule has 0 amide bonds. The van der Waals surface area contributed by atoms with Gasteiger partial charge in [0.1, 0.15) is 0 Å². The molecular formula is C7H9LiO3PTi+. The van der Waals surface area contributed by atoms with Crippen molar-refractivity contribution >= 4 is 8.03 Å². The SMILES string of the molecule is O=[P+](O)C(O)c1ccccc1.[H-].[Li+].[Ti]. The molecule has 2 N–H and O–H groups in total. The zero-order valence-electron chi connectivity index (χ0n) is 8.21. The van der Waals surface area contributed by atoms with Crippen molar-refractivity contribution < 1.29 is 56.6 Å². The molecule has 64 valence electrons. The van der Waals surface area contributed by atoms with E-state index in [9.17, 15) is 4.57 Å². The third-order valence-electron chi connectivity index (χ3n) is 1.31. The molecule has 0 spiro atoms. The van der Waals surface area contributed by atoms with Gasteiger partial charge in [-0.3, -0.25) is 0 Å². The van der Waals surface area contributed by atoms with E-state index in [4.69, 9.17) is 10.00 Å². The molecule has 0 heterocycles. The molecule has 0 saturated heterocycles. The van der Waals surface area contributed by atoms with E-state index in [1.807, 2.05) is 0 Å². The summed E-state index contributed by atoms with van der Waals surface area (Å²) in [6.07, 6.45) is 0. The molecule has 2 atom stereocenters. The summed E-state index contributed by atoms with van der Waals surface area (Å²) in [5, 5.41) is 9.06. The summed E-state index contributed by atoms with van der Waals surface area (Å²) >= 11 is 0. The first-order valence-electron chi connectivity index (χ1n) is 3.10. The number of benzene rings is 1. The third kappa shape index (κ3) is 5.10. The first-order chi connectivity index (χ1) is 5.22. The van der Waals surface area contributed by atoms with E-state index in [1.165, 1.54) is 0 Å². The van der Waals surface area contributed by atoms with Crippen molar-refractivity contribution in [1.82, 2.24) is 0 Å². The normalized spacial score (nSPS) is 12.0. The van der Waals surface area contributed by atoms with E-state index in [1.54, 1.807) is 30.3 Å². The van der Waals surface area contributed by atoms with Crippen LogP contribution in [0.2, 0.25) is 0 Å². The van der Waals surface area contributed by atoms with Gasteiger partial charge in [0.05, 0.1) is 0 Å². The maximum Gasteiger partial charge on any atom is 1.00 e. The van der Waals surface area contributed by atoms with Crippen molar-refractivity contribution in [3.05, 3.63) is 35.9 Å². The van der Waals surface area contributed by atoms with Crippen molar-refractivity contribution in [1.29, 1.82) is 0 Å². The third-order valence-corrected chi connectivity index (χ3v) is 2.02. The van der Waals surface area contributed by atoms with Crippen LogP contribution in [0.4, 0.5) is 0 Å². The molecule has 0 aliphatic rings. The van der Waals surface area contributed by atoms with Crippen molar-refractivity contribution in [2.45, 2.75) is 5.85 Å². The topological polar surface area (TPSA) is 57.5 Å². The van der Waals surface area contributed by atoms with Gasteiger partial charge in [0.25, 0.3) is 0 Å². The molecule has 0 aliphatic carbocycles. The average Bonchev–Trinajstić information content (AvgIpc) is 2.05. The van der Waals surface area contributed by atoms with Crippen LogP contribution in [-0.2, 0) is 26.3 Å². The minimum Gasteiger partial charge on any atom is -1.00 e. The second-order valence-electron chi connectivity index (χ2n) is 2.09. The van der Waals surface area contributed by atoms with Crippen LogP contribution in [-0.4, -0.2) is 10.00 Å². The van der Waals surface area contributed by atoms with Gasteiger partial charge in [0.15, 0.2) is 0 Å². The van der Waals surface area contributed by atoms with Gasteiger partial charge >= 0.3 is 32.7 Å². The van der Waals surface area contributed by atoms with Gasteiger partial charge < -0.3 is 6.53 Å².